The van der Waals surface area contributed by atoms with Gasteiger partial charge in [0.05, 0.1) is 12.2 Å². The second-order valence-electron chi connectivity index (χ2n) is 3.68. The second kappa shape index (κ2) is 5.28. The lowest BCUT2D eigenvalue weighted by atomic mass is 10.2. The van der Waals surface area contributed by atoms with E-state index in [9.17, 15) is 4.79 Å². The Hall–Kier alpha value is -1.73. The predicted octanol–water partition coefficient (Wildman–Crippen LogP) is 1.25. The van der Waals surface area contributed by atoms with Gasteiger partial charge in [0, 0.05) is 11.0 Å². The van der Waals surface area contributed by atoms with Crippen molar-refractivity contribution >= 4 is 21.9 Å². The Balaban J connectivity index is 2.29. The van der Waals surface area contributed by atoms with Crippen molar-refractivity contribution < 1.29 is 9.90 Å². The van der Waals surface area contributed by atoms with Crippen LogP contribution in [0, 0.1) is 0 Å². The van der Waals surface area contributed by atoms with Crippen LogP contribution in [0.2, 0.25) is 0 Å². The van der Waals surface area contributed by atoms with Gasteiger partial charge in [-0.2, -0.15) is 0 Å². The minimum Gasteiger partial charge on any atom is -0.476 e. The van der Waals surface area contributed by atoms with E-state index in [-0.39, 0.29) is 12.2 Å². The van der Waals surface area contributed by atoms with E-state index in [1.165, 1.54) is 4.68 Å². The molecule has 1 aromatic carbocycles. The van der Waals surface area contributed by atoms with E-state index in [0.717, 1.165) is 10.0 Å². The molecule has 0 amide bonds. The highest BCUT2D eigenvalue weighted by molar-refractivity contribution is 9.10. The molecule has 18 heavy (non-hydrogen) atoms. The average Bonchev–Trinajstić information content (AvgIpc) is 2.75. The van der Waals surface area contributed by atoms with Crippen molar-refractivity contribution in [2.75, 3.05) is 0 Å². The predicted molar refractivity (Wildman–Crippen MR) is 68.1 cm³/mol. The lowest BCUT2D eigenvalue weighted by Crippen LogP contribution is -2.13. The molecule has 2 aromatic rings. The molecule has 0 bridgehead atoms. The lowest BCUT2D eigenvalue weighted by molar-refractivity contribution is 0.0689. The molecule has 0 spiro atoms. The average molecular weight is 311 g/mol. The van der Waals surface area contributed by atoms with E-state index >= 15 is 0 Å². The van der Waals surface area contributed by atoms with Crippen LogP contribution in [0.3, 0.4) is 0 Å². The highest BCUT2D eigenvalue weighted by Gasteiger charge is 2.17. The van der Waals surface area contributed by atoms with Gasteiger partial charge >= 0.3 is 5.97 Å². The summed E-state index contributed by atoms with van der Waals surface area (Å²) in [6.45, 7) is 0.533. The van der Waals surface area contributed by atoms with E-state index in [0.29, 0.717) is 12.2 Å². The van der Waals surface area contributed by atoms with Crippen LogP contribution in [0.1, 0.15) is 21.7 Å². The lowest BCUT2D eigenvalue weighted by Gasteiger charge is -2.05. The molecule has 0 aliphatic carbocycles. The fourth-order valence-electron chi connectivity index (χ4n) is 1.59. The Morgan fingerprint density at radius 2 is 2.06 bits per heavy atom. The van der Waals surface area contributed by atoms with Gasteiger partial charge in [-0.3, -0.25) is 0 Å². The van der Waals surface area contributed by atoms with Gasteiger partial charge in [0.15, 0.2) is 5.69 Å². The molecule has 0 radical (unpaired) electrons. The normalized spacial score (nSPS) is 10.6. The summed E-state index contributed by atoms with van der Waals surface area (Å²) in [5.74, 6) is -1.11. The zero-order valence-electron chi connectivity index (χ0n) is 9.38. The maximum Gasteiger partial charge on any atom is 0.358 e. The second-order valence-corrected chi connectivity index (χ2v) is 4.59. The number of nitrogens with zero attached hydrogens (tertiary/aromatic N) is 3. The first kappa shape index (κ1) is 12.7. The molecule has 0 aliphatic heterocycles. The van der Waals surface area contributed by atoms with Crippen molar-refractivity contribution in [3.05, 3.63) is 45.7 Å². The number of carboxylic acids is 1. The van der Waals surface area contributed by atoms with Gasteiger partial charge in [0.1, 0.15) is 0 Å². The van der Waals surface area contributed by atoms with Gasteiger partial charge in [-0.15, -0.1) is 5.10 Å². The number of carbonyl (C=O) groups is 1. The molecule has 0 atom stereocenters. The molecular weight excluding hydrogens is 300 g/mol. The largest absolute Gasteiger partial charge is 0.476 e. The Bertz CT molecular complexity index is 565. The van der Waals surface area contributed by atoms with E-state index in [4.69, 9.17) is 10.8 Å². The fourth-order valence-corrected chi connectivity index (χ4v) is 1.86. The summed E-state index contributed by atoms with van der Waals surface area (Å²) in [6.07, 6.45) is 0. The van der Waals surface area contributed by atoms with Crippen LogP contribution >= 0.6 is 15.9 Å². The van der Waals surface area contributed by atoms with Gasteiger partial charge in [0.2, 0.25) is 0 Å². The third-order valence-electron chi connectivity index (χ3n) is 2.48. The number of rotatable bonds is 4. The monoisotopic (exact) mass is 310 g/mol. The molecule has 2 rings (SSSR count). The van der Waals surface area contributed by atoms with Crippen molar-refractivity contribution in [1.29, 1.82) is 0 Å². The number of halogens is 1. The highest BCUT2D eigenvalue weighted by atomic mass is 79.9. The first-order chi connectivity index (χ1) is 8.61. The van der Waals surface area contributed by atoms with Crippen molar-refractivity contribution in [3.8, 4) is 0 Å². The molecular formula is C11H11BrN4O2. The summed E-state index contributed by atoms with van der Waals surface area (Å²) in [4.78, 5) is 10.9. The molecule has 3 N–H and O–H groups in total. The first-order valence-electron chi connectivity index (χ1n) is 5.22. The first-order valence-corrected chi connectivity index (χ1v) is 6.01. The summed E-state index contributed by atoms with van der Waals surface area (Å²) in [5.41, 5.74) is 6.87. The van der Waals surface area contributed by atoms with Crippen molar-refractivity contribution in [1.82, 2.24) is 15.0 Å². The molecule has 0 saturated carbocycles. The van der Waals surface area contributed by atoms with Crippen LogP contribution in [0.25, 0.3) is 0 Å². The van der Waals surface area contributed by atoms with Gasteiger partial charge < -0.3 is 10.8 Å². The zero-order chi connectivity index (χ0) is 13.1. The van der Waals surface area contributed by atoms with E-state index < -0.39 is 5.97 Å². The number of benzene rings is 1. The summed E-state index contributed by atoms with van der Waals surface area (Å²) in [6, 6.07) is 7.66. The van der Waals surface area contributed by atoms with E-state index in [1.807, 2.05) is 24.3 Å². The minimum absolute atomic E-state index is 0.0883. The molecule has 6 nitrogen and oxygen atoms in total. The molecule has 0 unspecified atom stereocenters. The van der Waals surface area contributed by atoms with Gasteiger partial charge in [0.25, 0.3) is 0 Å². The maximum atomic E-state index is 10.9. The maximum absolute atomic E-state index is 10.9. The highest BCUT2D eigenvalue weighted by Crippen LogP contribution is 2.13. The molecule has 0 aliphatic rings. The third kappa shape index (κ3) is 2.57. The Kier molecular flexibility index (Phi) is 3.73. The smallest absolute Gasteiger partial charge is 0.358 e. The quantitative estimate of drug-likeness (QED) is 0.886. The Morgan fingerprint density at radius 1 is 1.39 bits per heavy atom. The Labute approximate surface area is 112 Å². The van der Waals surface area contributed by atoms with Crippen LogP contribution in [0.4, 0.5) is 0 Å². The van der Waals surface area contributed by atoms with E-state index in [2.05, 4.69) is 26.2 Å². The molecule has 1 aromatic heterocycles. The summed E-state index contributed by atoms with van der Waals surface area (Å²) in [7, 11) is 0. The number of aromatic nitrogens is 3. The minimum atomic E-state index is -1.11. The summed E-state index contributed by atoms with van der Waals surface area (Å²) >= 11 is 3.35. The number of aromatic carboxylic acids is 1. The number of hydrogen-bond acceptors (Lipinski definition) is 4. The van der Waals surface area contributed by atoms with Crippen molar-refractivity contribution in [3.63, 3.8) is 0 Å². The van der Waals surface area contributed by atoms with E-state index in [1.54, 1.807) is 0 Å². The molecule has 0 saturated heterocycles. The molecule has 7 heteroatoms. The van der Waals surface area contributed by atoms with Gasteiger partial charge in [-0.1, -0.05) is 33.3 Å². The SMILES string of the molecule is NCc1c(C(=O)O)nnn1Cc1ccc(Br)cc1. The van der Waals surface area contributed by atoms with Crippen LogP contribution in [0.15, 0.2) is 28.7 Å². The summed E-state index contributed by atoms with van der Waals surface area (Å²) in [5, 5.41) is 16.4. The standard InChI is InChI=1S/C11H11BrN4O2/c12-8-3-1-7(2-4-8)6-16-9(5-13)10(11(17)18)14-15-16/h1-4H,5-6,13H2,(H,17,18). The number of carboxylic acid groups (broad SMARTS) is 1. The fraction of sp³-hybridized carbons (Fsp3) is 0.182. The Morgan fingerprint density at radius 3 is 2.61 bits per heavy atom. The van der Waals surface area contributed by atoms with Crippen LogP contribution in [-0.4, -0.2) is 26.1 Å². The van der Waals surface area contributed by atoms with Crippen LogP contribution < -0.4 is 5.73 Å². The van der Waals surface area contributed by atoms with Crippen LogP contribution in [0.5, 0.6) is 0 Å². The van der Waals surface area contributed by atoms with Crippen LogP contribution in [-0.2, 0) is 13.1 Å². The molecule has 0 fully saturated rings. The van der Waals surface area contributed by atoms with Crippen molar-refractivity contribution in [2.24, 2.45) is 5.73 Å². The van der Waals surface area contributed by atoms with Crippen molar-refractivity contribution in [2.45, 2.75) is 13.1 Å². The molecule has 1 heterocycles. The van der Waals surface area contributed by atoms with Gasteiger partial charge in [-0.25, -0.2) is 9.48 Å². The number of hydrogen-bond donors (Lipinski definition) is 2. The molecule has 94 valence electrons. The topological polar surface area (TPSA) is 94.0 Å². The number of nitrogens with two attached hydrogens (primary N) is 1. The zero-order valence-corrected chi connectivity index (χ0v) is 11.0. The third-order valence-corrected chi connectivity index (χ3v) is 3.01. The summed E-state index contributed by atoms with van der Waals surface area (Å²) < 4.78 is 2.49. The van der Waals surface area contributed by atoms with Gasteiger partial charge in [-0.05, 0) is 17.7 Å².